The van der Waals surface area contributed by atoms with Gasteiger partial charge in [-0.2, -0.15) is 4.31 Å². The number of sulfonamides is 1. The summed E-state index contributed by atoms with van der Waals surface area (Å²) in [5.41, 5.74) is 0. The molecule has 8 nitrogen and oxygen atoms in total. The average molecular weight is 286 g/mol. The van der Waals surface area contributed by atoms with E-state index in [1.165, 1.54) is 10.4 Å². The minimum Gasteiger partial charge on any atom is -0.358 e. The molecule has 0 spiro atoms. The molecule has 1 saturated heterocycles. The van der Waals surface area contributed by atoms with E-state index in [4.69, 9.17) is 0 Å². The predicted octanol–water partition coefficient (Wildman–Crippen LogP) is -0.0278. The van der Waals surface area contributed by atoms with Crippen molar-refractivity contribution in [2.45, 2.75) is 17.9 Å². The van der Waals surface area contributed by atoms with E-state index in [1.54, 1.807) is 0 Å². The first-order valence-corrected chi connectivity index (χ1v) is 7.20. The SMILES string of the molecule is C[C@@H]1CNCCN1S(=O)(=O)c1ccc([N+](=O)[O-])nc1. The van der Waals surface area contributed by atoms with E-state index in [-0.39, 0.29) is 16.8 Å². The van der Waals surface area contributed by atoms with Crippen LogP contribution < -0.4 is 5.32 Å². The number of hydrogen-bond donors (Lipinski definition) is 1. The summed E-state index contributed by atoms with van der Waals surface area (Å²) in [5, 5.41) is 13.6. The van der Waals surface area contributed by atoms with E-state index in [2.05, 4.69) is 10.3 Å². The summed E-state index contributed by atoms with van der Waals surface area (Å²) in [7, 11) is -3.65. The highest BCUT2D eigenvalue weighted by Gasteiger charge is 2.32. The second-order valence-corrected chi connectivity index (χ2v) is 6.17. The number of piperazine rings is 1. The highest BCUT2D eigenvalue weighted by Crippen LogP contribution is 2.20. The van der Waals surface area contributed by atoms with Crippen molar-refractivity contribution >= 4 is 15.8 Å². The average Bonchev–Trinajstić information content (AvgIpc) is 2.39. The Morgan fingerprint density at radius 3 is 2.79 bits per heavy atom. The molecule has 0 saturated carbocycles. The van der Waals surface area contributed by atoms with Crippen molar-refractivity contribution in [2.75, 3.05) is 19.6 Å². The maximum Gasteiger partial charge on any atom is 0.363 e. The molecule has 1 aliphatic rings. The molecule has 0 aliphatic carbocycles. The van der Waals surface area contributed by atoms with Gasteiger partial charge in [0.2, 0.25) is 10.0 Å². The summed E-state index contributed by atoms with van der Waals surface area (Å²) >= 11 is 0. The molecule has 0 unspecified atom stereocenters. The summed E-state index contributed by atoms with van der Waals surface area (Å²) in [6.07, 6.45) is 1.03. The van der Waals surface area contributed by atoms with Crippen LogP contribution in [-0.4, -0.2) is 48.3 Å². The van der Waals surface area contributed by atoms with Gasteiger partial charge >= 0.3 is 5.82 Å². The fourth-order valence-corrected chi connectivity index (χ4v) is 3.52. The van der Waals surface area contributed by atoms with Gasteiger partial charge in [-0.05, 0) is 22.9 Å². The fourth-order valence-electron chi connectivity index (χ4n) is 1.95. The normalized spacial score (nSPS) is 21.2. The summed E-state index contributed by atoms with van der Waals surface area (Å²) in [5.74, 6) is -0.368. The minimum absolute atomic E-state index is 0.0214. The zero-order valence-electron chi connectivity index (χ0n) is 10.3. The number of nitro groups is 1. The molecule has 9 heteroatoms. The molecule has 0 bridgehead atoms. The van der Waals surface area contributed by atoms with Crippen molar-refractivity contribution in [3.8, 4) is 0 Å². The van der Waals surface area contributed by atoms with Crippen molar-refractivity contribution in [2.24, 2.45) is 0 Å². The van der Waals surface area contributed by atoms with Crippen molar-refractivity contribution in [1.29, 1.82) is 0 Å². The van der Waals surface area contributed by atoms with E-state index in [1.807, 2.05) is 6.92 Å². The Morgan fingerprint density at radius 1 is 1.53 bits per heavy atom. The Morgan fingerprint density at radius 2 is 2.26 bits per heavy atom. The molecule has 2 heterocycles. The van der Waals surface area contributed by atoms with E-state index in [0.29, 0.717) is 19.6 Å². The number of hydrogen-bond acceptors (Lipinski definition) is 6. The largest absolute Gasteiger partial charge is 0.363 e. The highest BCUT2D eigenvalue weighted by molar-refractivity contribution is 7.89. The van der Waals surface area contributed by atoms with Crippen LogP contribution in [0.2, 0.25) is 0 Å². The van der Waals surface area contributed by atoms with Crippen LogP contribution >= 0.6 is 0 Å². The Kier molecular flexibility index (Phi) is 3.78. The molecule has 1 aromatic rings. The maximum atomic E-state index is 12.4. The first kappa shape index (κ1) is 13.8. The van der Waals surface area contributed by atoms with Crippen molar-refractivity contribution in [1.82, 2.24) is 14.6 Å². The van der Waals surface area contributed by atoms with Gasteiger partial charge < -0.3 is 15.4 Å². The number of pyridine rings is 1. The van der Waals surface area contributed by atoms with Gasteiger partial charge in [-0.3, -0.25) is 0 Å². The van der Waals surface area contributed by atoms with Crippen LogP contribution in [0.15, 0.2) is 23.2 Å². The van der Waals surface area contributed by atoms with Gasteiger partial charge in [-0.15, -0.1) is 0 Å². The smallest absolute Gasteiger partial charge is 0.358 e. The first-order valence-electron chi connectivity index (χ1n) is 5.76. The van der Waals surface area contributed by atoms with Gasteiger partial charge in [0.25, 0.3) is 0 Å². The van der Waals surface area contributed by atoms with Crippen molar-refractivity contribution in [3.05, 3.63) is 28.4 Å². The molecule has 1 aliphatic heterocycles. The Labute approximate surface area is 110 Å². The van der Waals surface area contributed by atoms with Crippen LogP contribution in [-0.2, 0) is 10.0 Å². The number of nitrogens with one attached hydrogen (secondary N) is 1. The summed E-state index contributed by atoms with van der Waals surface area (Å²) < 4.78 is 26.1. The molecule has 1 fully saturated rings. The lowest BCUT2D eigenvalue weighted by Crippen LogP contribution is -2.52. The van der Waals surface area contributed by atoms with E-state index < -0.39 is 14.9 Å². The van der Waals surface area contributed by atoms with E-state index >= 15 is 0 Å². The predicted molar refractivity (Wildman–Crippen MR) is 67.1 cm³/mol. The third-order valence-electron chi connectivity index (χ3n) is 2.95. The number of aromatic nitrogens is 1. The zero-order chi connectivity index (χ0) is 14.0. The second kappa shape index (κ2) is 5.19. The van der Waals surface area contributed by atoms with Gasteiger partial charge in [0.05, 0.1) is 0 Å². The maximum absolute atomic E-state index is 12.4. The summed E-state index contributed by atoms with van der Waals surface area (Å²) in [4.78, 5) is 13.4. The standard InChI is InChI=1S/C10H14N4O4S/c1-8-6-11-4-5-13(8)19(17,18)9-2-3-10(12-7-9)14(15)16/h2-3,7-8,11H,4-6H2,1H3/t8-/m1/s1. The third-order valence-corrected chi connectivity index (χ3v) is 4.95. The molecule has 0 amide bonds. The lowest BCUT2D eigenvalue weighted by atomic mass is 10.3. The molecular weight excluding hydrogens is 272 g/mol. The molecule has 1 N–H and O–H groups in total. The Balaban J connectivity index is 2.30. The first-order chi connectivity index (χ1) is 8.93. The van der Waals surface area contributed by atoms with Crippen LogP contribution in [0.5, 0.6) is 0 Å². The van der Waals surface area contributed by atoms with Gasteiger partial charge in [-0.25, -0.2) is 8.42 Å². The van der Waals surface area contributed by atoms with Crippen LogP contribution in [0.4, 0.5) is 5.82 Å². The second-order valence-electron chi connectivity index (χ2n) is 4.28. The molecule has 104 valence electrons. The van der Waals surface area contributed by atoms with Crippen LogP contribution in [0.1, 0.15) is 6.92 Å². The van der Waals surface area contributed by atoms with E-state index in [9.17, 15) is 18.5 Å². The molecule has 0 aromatic carbocycles. The Hall–Kier alpha value is -1.58. The van der Waals surface area contributed by atoms with E-state index in [0.717, 1.165) is 12.3 Å². The van der Waals surface area contributed by atoms with Gasteiger partial charge in [-0.1, -0.05) is 0 Å². The topological polar surface area (TPSA) is 105 Å². The molecule has 19 heavy (non-hydrogen) atoms. The molecule has 1 aromatic heterocycles. The monoisotopic (exact) mass is 286 g/mol. The van der Waals surface area contributed by atoms with Gasteiger partial charge in [0.1, 0.15) is 4.90 Å². The van der Waals surface area contributed by atoms with Crippen LogP contribution in [0.3, 0.4) is 0 Å². The Bertz CT molecular complexity index is 572. The summed E-state index contributed by atoms with van der Waals surface area (Å²) in [6, 6.07) is 2.16. The summed E-state index contributed by atoms with van der Waals surface area (Å²) in [6.45, 7) is 3.35. The van der Waals surface area contributed by atoms with Crippen LogP contribution in [0, 0.1) is 10.1 Å². The quantitative estimate of drug-likeness (QED) is 0.618. The van der Waals surface area contributed by atoms with Crippen molar-refractivity contribution < 1.29 is 13.3 Å². The minimum atomic E-state index is -3.65. The molecule has 1 atom stereocenters. The number of nitrogens with zero attached hydrogens (tertiary/aromatic N) is 3. The lowest BCUT2D eigenvalue weighted by Gasteiger charge is -2.32. The molecule has 0 radical (unpaired) electrons. The lowest BCUT2D eigenvalue weighted by molar-refractivity contribution is -0.389. The van der Waals surface area contributed by atoms with Crippen molar-refractivity contribution in [3.63, 3.8) is 0 Å². The molecular formula is C10H14N4O4S. The van der Waals surface area contributed by atoms with Gasteiger partial charge in [0.15, 0.2) is 6.20 Å². The third kappa shape index (κ3) is 2.72. The number of rotatable bonds is 3. The highest BCUT2D eigenvalue weighted by atomic mass is 32.2. The zero-order valence-corrected chi connectivity index (χ0v) is 11.1. The molecule has 2 rings (SSSR count). The fraction of sp³-hybridized carbons (Fsp3) is 0.500. The van der Waals surface area contributed by atoms with Crippen LogP contribution in [0.25, 0.3) is 0 Å². The van der Waals surface area contributed by atoms with Gasteiger partial charge in [0, 0.05) is 31.7 Å².